The van der Waals surface area contributed by atoms with Crippen molar-refractivity contribution in [2.24, 2.45) is 0 Å². The second-order valence-corrected chi connectivity index (χ2v) is 6.10. The highest BCUT2D eigenvalue weighted by atomic mass is 79.9. The summed E-state index contributed by atoms with van der Waals surface area (Å²) in [5.41, 5.74) is 1.99. The van der Waals surface area contributed by atoms with E-state index in [0.717, 1.165) is 28.7 Å². The molecule has 0 radical (unpaired) electrons. The molecule has 106 valence electrons. The fourth-order valence-corrected chi connectivity index (χ4v) is 2.75. The summed E-state index contributed by atoms with van der Waals surface area (Å²) in [5.74, 6) is 0. The maximum Gasteiger partial charge on any atom is 0.0763 e. The molecule has 0 fully saturated rings. The van der Waals surface area contributed by atoms with E-state index in [-0.39, 0.29) is 6.04 Å². The van der Waals surface area contributed by atoms with Crippen LogP contribution in [0.2, 0.25) is 10.0 Å². The molecule has 0 saturated carbocycles. The van der Waals surface area contributed by atoms with Crippen molar-refractivity contribution in [2.45, 2.75) is 19.4 Å². The molecule has 0 spiro atoms. The second-order valence-electron chi connectivity index (χ2n) is 4.43. The molecule has 1 aromatic heterocycles. The molecule has 0 aliphatic rings. The molecular weight excluding hydrogens is 359 g/mol. The lowest BCUT2D eigenvalue weighted by atomic mass is 10.0. The van der Waals surface area contributed by atoms with Crippen molar-refractivity contribution < 1.29 is 0 Å². The first kappa shape index (κ1) is 15.8. The number of aromatic nitrogens is 1. The van der Waals surface area contributed by atoms with Crippen molar-refractivity contribution in [1.82, 2.24) is 10.3 Å². The summed E-state index contributed by atoms with van der Waals surface area (Å²) in [6.45, 7) is 3.03. The minimum absolute atomic E-state index is 0.0136. The van der Waals surface area contributed by atoms with Gasteiger partial charge in [0.15, 0.2) is 0 Å². The van der Waals surface area contributed by atoms with E-state index in [1.165, 1.54) is 0 Å². The first-order valence-corrected chi connectivity index (χ1v) is 7.97. The van der Waals surface area contributed by atoms with Gasteiger partial charge in [0.1, 0.15) is 0 Å². The fourth-order valence-electron chi connectivity index (χ4n) is 1.96. The summed E-state index contributed by atoms with van der Waals surface area (Å²) in [6.07, 6.45) is 2.83. The third-order valence-electron chi connectivity index (χ3n) is 2.94. The number of hydrogen-bond acceptors (Lipinski definition) is 2. The zero-order valence-electron chi connectivity index (χ0n) is 11.0. The Morgan fingerprint density at radius 2 is 2.05 bits per heavy atom. The molecular formula is C15H15BrCl2N2. The summed E-state index contributed by atoms with van der Waals surface area (Å²) in [6, 6.07) is 9.55. The Hall–Kier alpha value is -0.610. The van der Waals surface area contributed by atoms with Gasteiger partial charge in [-0.3, -0.25) is 4.98 Å². The molecule has 1 heterocycles. The van der Waals surface area contributed by atoms with Gasteiger partial charge in [-0.15, -0.1) is 0 Å². The number of rotatable bonds is 5. The average Bonchev–Trinajstić information content (AvgIpc) is 2.44. The van der Waals surface area contributed by atoms with E-state index in [0.29, 0.717) is 10.0 Å². The largest absolute Gasteiger partial charge is 0.305 e. The van der Waals surface area contributed by atoms with Gasteiger partial charge >= 0.3 is 0 Å². The van der Waals surface area contributed by atoms with E-state index in [4.69, 9.17) is 23.2 Å². The fraction of sp³-hybridized carbons (Fsp3) is 0.267. The van der Waals surface area contributed by atoms with Crippen LogP contribution in [-0.2, 0) is 0 Å². The van der Waals surface area contributed by atoms with E-state index >= 15 is 0 Å². The van der Waals surface area contributed by atoms with Gasteiger partial charge in [0.2, 0.25) is 0 Å². The predicted octanol–water partition coefficient (Wildman–Crippen LogP) is 5.24. The van der Waals surface area contributed by atoms with Crippen LogP contribution in [0.25, 0.3) is 0 Å². The molecule has 1 unspecified atom stereocenters. The quantitative estimate of drug-likeness (QED) is 0.775. The first-order chi connectivity index (χ1) is 9.63. The highest BCUT2D eigenvalue weighted by Gasteiger charge is 2.18. The molecule has 0 bridgehead atoms. The molecule has 2 aromatic rings. The molecule has 1 aromatic carbocycles. The van der Waals surface area contributed by atoms with Crippen LogP contribution < -0.4 is 5.32 Å². The van der Waals surface area contributed by atoms with Crippen molar-refractivity contribution in [2.75, 3.05) is 6.54 Å². The van der Waals surface area contributed by atoms with Gasteiger partial charge in [0, 0.05) is 10.7 Å². The van der Waals surface area contributed by atoms with Crippen LogP contribution in [0, 0.1) is 0 Å². The van der Waals surface area contributed by atoms with Crippen molar-refractivity contribution in [3.05, 3.63) is 62.3 Å². The van der Waals surface area contributed by atoms with Crippen molar-refractivity contribution >= 4 is 39.1 Å². The highest BCUT2D eigenvalue weighted by Crippen LogP contribution is 2.30. The number of halogens is 3. The summed E-state index contributed by atoms with van der Waals surface area (Å²) in [4.78, 5) is 4.47. The molecule has 20 heavy (non-hydrogen) atoms. The highest BCUT2D eigenvalue weighted by molar-refractivity contribution is 9.10. The standard InChI is InChI=1S/C15H15BrCl2N2/c1-2-7-19-14(15-11(16)4-3-8-20-15)10-5-6-12(17)13(18)9-10/h3-6,8-9,14,19H,2,7H2,1H3. The Bertz CT molecular complexity index is 590. The Morgan fingerprint density at radius 1 is 1.25 bits per heavy atom. The summed E-state index contributed by atoms with van der Waals surface area (Å²) < 4.78 is 0.972. The van der Waals surface area contributed by atoms with Gasteiger partial charge in [0.05, 0.1) is 21.8 Å². The van der Waals surface area contributed by atoms with Crippen molar-refractivity contribution in [3.8, 4) is 0 Å². The number of nitrogens with one attached hydrogen (secondary N) is 1. The normalized spacial score (nSPS) is 12.4. The lowest BCUT2D eigenvalue weighted by Gasteiger charge is -2.20. The lowest BCUT2D eigenvalue weighted by Crippen LogP contribution is -2.24. The average molecular weight is 374 g/mol. The van der Waals surface area contributed by atoms with E-state index in [9.17, 15) is 0 Å². The number of nitrogens with zero attached hydrogens (tertiary/aromatic N) is 1. The molecule has 2 rings (SSSR count). The number of hydrogen-bond donors (Lipinski definition) is 1. The molecule has 0 saturated heterocycles. The van der Waals surface area contributed by atoms with Crippen LogP contribution in [0.4, 0.5) is 0 Å². The maximum absolute atomic E-state index is 6.13. The monoisotopic (exact) mass is 372 g/mol. The molecule has 1 atom stereocenters. The van der Waals surface area contributed by atoms with E-state index < -0.39 is 0 Å². The Kier molecular flexibility index (Phi) is 5.85. The third-order valence-corrected chi connectivity index (χ3v) is 4.35. The van der Waals surface area contributed by atoms with E-state index in [1.807, 2.05) is 30.3 Å². The van der Waals surface area contributed by atoms with Gasteiger partial charge in [-0.25, -0.2) is 0 Å². The van der Waals surface area contributed by atoms with Crippen LogP contribution >= 0.6 is 39.1 Å². The minimum Gasteiger partial charge on any atom is -0.305 e. The lowest BCUT2D eigenvalue weighted by molar-refractivity contribution is 0.584. The third kappa shape index (κ3) is 3.73. The van der Waals surface area contributed by atoms with Gasteiger partial charge in [-0.1, -0.05) is 36.2 Å². The molecule has 2 nitrogen and oxygen atoms in total. The maximum atomic E-state index is 6.13. The number of pyridine rings is 1. The zero-order valence-corrected chi connectivity index (χ0v) is 14.1. The Morgan fingerprint density at radius 3 is 2.70 bits per heavy atom. The zero-order chi connectivity index (χ0) is 14.5. The smallest absolute Gasteiger partial charge is 0.0763 e. The minimum atomic E-state index is -0.0136. The van der Waals surface area contributed by atoms with E-state index in [2.05, 4.69) is 33.2 Å². The van der Waals surface area contributed by atoms with Gasteiger partial charge in [0.25, 0.3) is 0 Å². The first-order valence-electron chi connectivity index (χ1n) is 6.42. The van der Waals surface area contributed by atoms with Crippen LogP contribution in [0.5, 0.6) is 0 Å². The molecule has 5 heteroatoms. The van der Waals surface area contributed by atoms with Crippen LogP contribution in [0.1, 0.15) is 30.6 Å². The van der Waals surface area contributed by atoms with Crippen molar-refractivity contribution in [3.63, 3.8) is 0 Å². The van der Waals surface area contributed by atoms with Crippen molar-refractivity contribution in [1.29, 1.82) is 0 Å². The summed E-state index contributed by atoms with van der Waals surface area (Å²) in [7, 11) is 0. The van der Waals surface area contributed by atoms with Gasteiger partial charge < -0.3 is 5.32 Å². The molecule has 1 N–H and O–H groups in total. The molecule has 0 amide bonds. The van der Waals surface area contributed by atoms with Crippen LogP contribution in [0.3, 0.4) is 0 Å². The topological polar surface area (TPSA) is 24.9 Å². The molecule has 0 aliphatic carbocycles. The Balaban J connectivity index is 2.41. The number of benzene rings is 1. The summed E-state index contributed by atoms with van der Waals surface area (Å²) in [5, 5.41) is 4.61. The summed E-state index contributed by atoms with van der Waals surface area (Å²) >= 11 is 15.7. The van der Waals surface area contributed by atoms with Gasteiger partial charge in [-0.2, -0.15) is 0 Å². The predicted molar refractivity (Wildman–Crippen MR) is 88.5 cm³/mol. The van der Waals surface area contributed by atoms with Crippen LogP contribution in [0.15, 0.2) is 41.0 Å². The SMILES string of the molecule is CCCNC(c1ccc(Cl)c(Cl)c1)c1ncccc1Br. The van der Waals surface area contributed by atoms with E-state index in [1.54, 1.807) is 6.20 Å². The second kappa shape index (κ2) is 7.41. The van der Waals surface area contributed by atoms with Gasteiger partial charge in [-0.05, 0) is 58.7 Å². The van der Waals surface area contributed by atoms with Crippen LogP contribution in [-0.4, -0.2) is 11.5 Å². The Labute approximate surface area is 137 Å². The molecule has 0 aliphatic heterocycles.